The zero-order chi connectivity index (χ0) is 19.2. The number of ether oxygens (including phenoxy) is 2. The second kappa shape index (κ2) is 8.75. The molecule has 0 aliphatic rings. The molecular formula is C22H29NO3. The van der Waals surface area contributed by atoms with E-state index in [2.05, 4.69) is 39.9 Å². The summed E-state index contributed by atoms with van der Waals surface area (Å²) in [5, 5.41) is 2.85. The first-order chi connectivity index (χ1) is 12.3. The highest BCUT2D eigenvalue weighted by Gasteiger charge is 2.18. The Labute approximate surface area is 156 Å². The van der Waals surface area contributed by atoms with Gasteiger partial charge in [-0.15, -0.1) is 0 Å². The summed E-state index contributed by atoms with van der Waals surface area (Å²) in [6.07, 6.45) is 0. The Hall–Kier alpha value is -2.49. The van der Waals surface area contributed by atoms with Gasteiger partial charge in [0.15, 0.2) is 6.61 Å². The molecule has 2 rings (SSSR count). The van der Waals surface area contributed by atoms with E-state index in [-0.39, 0.29) is 17.9 Å². The van der Waals surface area contributed by atoms with Gasteiger partial charge in [-0.3, -0.25) is 4.79 Å². The predicted octanol–water partition coefficient (Wildman–Crippen LogP) is 5.04. The fourth-order valence-corrected chi connectivity index (χ4v) is 2.48. The molecule has 0 unspecified atom stereocenters. The first-order valence-corrected chi connectivity index (χ1v) is 9.00. The van der Waals surface area contributed by atoms with Crippen molar-refractivity contribution in [1.29, 1.82) is 0 Å². The molecule has 0 radical (unpaired) electrons. The number of hydrogen-bond donors (Lipinski definition) is 1. The Balaban J connectivity index is 1.95. The van der Waals surface area contributed by atoms with Crippen LogP contribution in [0, 0.1) is 5.92 Å². The molecular weight excluding hydrogens is 326 g/mol. The number of carbonyl (C=O) groups is 1. The van der Waals surface area contributed by atoms with Crippen molar-refractivity contribution in [2.24, 2.45) is 5.92 Å². The minimum Gasteiger partial charge on any atom is -0.493 e. The van der Waals surface area contributed by atoms with Crippen LogP contribution in [-0.2, 0) is 10.2 Å². The molecule has 0 spiro atoms. The molecule has 4 nitrogen and oxygen atoms in total. The van der Waals surface area contributed by atoms with E-state index in [1.807, 2.05) is 48.5 Å². The number of anilines is 1. The summed E-state index contributed by atoms with van der Waals surface area (Å²) in [5.74, 6) is 1.74. The van der Waals surface area contributed by atoms with E-state index in [1.54, 1.807) is 0 Å². The molecule has 140 valence electrons. The minimum atomic E-state index is -0.199. The van der Waals surface area contributed by atoms with E-state index in [4.69, 9.17) is 9.47 Å². The zero-order valence-electron chi connectivity index (χ0n) is 16.3. The van der Waals surface area contributed by atoms with Gasteiger partial charge in [-0.05, 0) is 35.1 Å². The van der Waals surface area contributed by atoms with Crippen LogP contribution in [0.4, 0.5) is 5.69 Å². The van der Waals surface area contributed by atoms with Crippen LogP contribution < -0.4 is 14.8 Å². The fourth-order valence-electron chi connectivity index (χ4n) is 2.48. The predicted molar refractivity (Wildman–Crippen MR) is 106 cm³/mol. The van der Waals surface area contributed by atoms with E-state index in [0.717, 1.165) is 17.1 Å². The highest BCUT2D eigenvalue weighted by Crippen LogP contribution is 2.30. The third-order valence-corrected chi connectivity index (χ3v) is 3.75. The molecule has 1 amide bonds. The van der Waals surface area contributed by atoms with E-state index in [9.17, 15) is 4.79 Å². The van der Waals surface area contributed by atoms with Crippen LogP contribution >= 0.6 is 0 Å². The fraction of sp³-hybridized carbons (Fsp3) is 0.409. The standard InChI is InChI=1S/C22H29NO3/c1-16(2)14-25-18-10-8-9-17(13-18)23-21(24)15-26-20-12-7-6-11-19(20)22(3,4)5/h6-13,16H,14-15H2,1-5H3,(H,23,24). The lowest BCUT2D eigenvalue weighted by Gasteiger charge is -2.22. The molecule has 2 aromatic carbocycles. The van der Waals surface area contributed by atoms with E-state index in [1.165, 1.54) is 0 Å². The lowest BCUT2D eigenvalue weighted by atomic mass is 9.86. The quantitative estimate of drug-likeness (QED) is 0.757. The number of para-hydroxylation sites is 1. The van der Waals surface area contributed by atoms with Crippen molar-refractivity contribution in [3.63, 3.8) is 0 Å². The number of amides is 1. The molecule has 0 saturated carbocycles. The Kier molecular flexibility index (Phi) is 6.67. The summed E-state index contributed by atoms with van der Waals surface area (Å²) < 4.78 is 11.5. The second-order valence-electron chi connectivity index (χ2n) is 7.82. The molecule has 4 heteroatoms. The number of hydrogen-bond acceptors (Lipinski definition) is 3. The van der Waals surface area contributed by atoms with Crippen molar-refractivity contribution >= 4 is 11.6 Å². The maximum Gasteiger partial charge on any atom is 0.262 e. The van der Waals surface area contributed by atoms with Gasteiger partial charge >= 0.3 is 0 Å². The summed E-state index contributed by atoms with van der Waals surface area (Å²) in [6, 6.07) is 15.2. The highest BCUT2D eigenvalue weighted by atomic mass is 16.5. The van der Waals surface area contributed by atoms with Gasteiger partial charge in [0.2, 0.25) is 0 Å². The monoisotopic (exact) mass is 355 g/mol. The SMILES string of the molecule is CC(C)COc1cccc(NC(=O)COc2ccccc2C(C)(C)C)c1. The molecule has 1 N–H and O–H groups in total. The van der Waals surface area contributed by atoms with E-state index in [0.29, 0.717) is 18.2 Å². The van der Waals surface area contributed by atoms with Gasteiger partial charge in [-0.1, -0.05) is 58.9 Å². The molecule has 0 heterocycles. The Morgan fingerprint density at radius 1 is 1.04 bits per heavy atom. The minimum absolute atomic E-state index is 0.0375. The lowest BCUT2D eigenvalue weighted by Crippen LogP contribution is -2.22. The van der Waals surface area contributed by atoms with Crippen LogP contribution in [-0.4, -0.2) is 19.1 Å². The number of rotatable bonds is 7. The largest absolute Gasteiger partial charge is 0.493 e. The summed E-state index contributed by atoms with van der Waals surface area (Å²) in [5.41, 5.74) is 1.73. The summed E-state index contributed by atoms with van der Waals surface area (Å²) >= 11 is 0. The van der Waals surface area contributed by atoms with Crippen LogP contribution in [0.3, 0.4) is 0 Å². The Morgan fingerprint density at radius 2 is 1.77 bits per heavy atom. The van der Waals surface area contributed by atoms with Crippen molar-refractivity contribution in [3.05, 3.63) is 54.1 Å². The molecule has 0 aliphatic carbocycles. The van der Waals surface area contributed by atoms with Crippen molar-refractivity contribution in [3.8, 4) is 11.5 Å². The lowest BCUT2D eigenvalue weighted by molar-refractivity contribution is -0.118. The summed E-state index contributed by atoms with van der Waals surface area (Å²) in [6.45, 7) is 11.2. The first-order valence-electron chi connectivity index (χ1n) is 9.00. The van der Waals surface area contributed by atoms with Gasteiger partial charge in [0, 0.05) is 11.8 Å². The van der Waals surface area contributed by atoms with Gasteiger partial charge in [0.25, 0.3) is 5.91 Å². The van der Waals surface area contributed by atoms with Crippen LogP contribution in [0.25, 0.3) is 0 Å². The van der Waals surface area contributed by atoms with Gasteiger partial charge in [-0.25, -0.2) is 0 Å². The van der Waals surface area contributed by atoms with Crippen molar-refractivity contribution in [2.75, 3.05) is 18.5 Å². The van der Waals surface area contributed by atoms with Crippen LogP contribution in [0.1, 0.15) is 40.2 Å². The van der Waals surface area contributed by atoms with Gasteiger partial charge in [-0.2, -0.15) is 0 Å². The molecule has 0 aliphatic heterocycles. The normalized spacial score (nSPS) is 11.3. The Morgan fingerprint density at radius 3 is 2.46 bits per heavy atom. The van der Waals surface area contributed by atoms with Crippen LogP contribution in [0.15, 0.2) is 48.5 Å². The molecule has 0 fully saturated rings. The Bertz CT molecular complexity index is 732. The zero-order valence-corrected chi connectivity index (χ0v) is 16.3. The average Bonchev–Trinajstić information content (AvgIpc) is 2.58. The highest BCUT2D eigenvalue weighted by molar-refractivity contribution is 5.92. The van der Waals surface area contributed by atoms with Crippen LogP contribution in [0.5, 0.6) is 11.5 Å². The molecule has 0 atom stereocenters. The average molecular weight is 355 g/mol. The van der Waals surface area contributed by atoms with Gasteiger partial charge in [0.1, 0.15) is 11.5 Å². The van der Waals surface area contributed by atoms with Crippen molar-refractivity contribution in [2.45, 2.75) is 40.0 Å². The van der Waals surface area contributed by atoms with Gasteiger partial charge < -0.3 is 14.8 Å². The van der Waals surface area contributed by atoms with Crippen LogP contribution in [0.2, 0.25) is 0 Å². The second-order valence-corrected chi connectivity index (χ2v) is 7.82. The topological polar surface area (TPSA) is 47.6 Å². The third kappa shape index (κ3) is 6.10. The van der Waals surface area contributed by atoms with Crippen molar-refractivity contribution in [1.82, 2.24) is 0 Å². The van der Waals surface area contributed by atoms with E-state index < -0.39 is 0 Å². The molecule has 2 aromatic rings. The van der Waals surface area contributed by atoms with Crippen molar-refractivity contribution < 1.29 is 14.3 Å². The third-order valence-electron chi connectivity index (χ3n) is 3.75. The molecule has 0 aromatic heterocycles. The first kappa shape index (κ1) is 19.8. The number of benzene rings is 2. The smallest absolute Gasteiger partial charge is 0.262 e. The number of carbonyl (C=O) groups excluding carboxylic acids is 1. The maximum atomic E-state index is 12.2. The summed E-state index contributed by atoms with van der Waals surface area (Å²) in [7, 11) is 0. The molecule has 0 bridgehead atoms. The van der Waals surface area contributed by atoms with Gasteiger partial charge in [0.05, 0.1) is 6.61 Å². The molecule has 0 saturated heterocycles. The number of nitrogens with one attached hydrogen (secondary N) is 1. The maximum absolute atomic E-state index is 12.2. The molecule has 26 heavy (non-hydrogen) atoms. The summed E-state index contributed by atoms with van der Waals surface area (Å²) in [4.78, 5) is 12.2. The van der Waals surface area contributed by atoms with E-state index >= 15 is 0 Å².